The maximum atomic E-state index is 12.4. The van der Waals surface area contributed by atoms with Gasteiger partial charge in [-0.25, -0.2) is 4.98 Å². The van der Waals surface area contributed by atoms with Crippen LogP contribution in [0.15, 0.2) is 5.51 Å². The van der Waals surface area contributed by atoms with Crippen molar-refractivity contribution < 1.29 is 14.7 Å². The third kappa shape index (κ3) is 2.49. The van der Waals surface area contributed by atoms with Crippen molar-refractivity contribution in [2.24, 2.45) is 5.41 Å². The number of aliphatic carboxylic acids is 1. The molecule has 1 unspecified atom stereocenters. The molecule has 0 saturated carbocycles. The second-order valence-electron chi connectivity index (χ2n) is 5.04. The molecular formula is C13H18N2O3S. The fourth-order valence-corrected chi connectivity index (χ4v) is 3.34. The number of hydrogen-bond acceptors (Lipinski definition) is 4. The van der Waals surface area contributed by atoms with Gasteiger partial charge in [0.05, 0.1) is 16.6 Å². The highest BCUT2D eigenvalue weighted by atomic mass is 32.1. The molecule has 1 atom stereocenters. The van der Waals surface area contributed by atoms with Gasteiger partial charge in [-0.15, -0.1) is 11.3 Å². The van der Waals surface area contributed by atoms with E-state index in [0.717, 1.165) is 12.1 Å². The molecule has 0 aromatic carbocycles. The molecule has 1 aromatic rings. The average molecular weight is 282 g/mol. The van der Waals surface area contributed by atoms with E-state index in [-0.39, 0.29) is 5.91 Å². The van der Waals surface area contributed by atoms with Gasteiger partial charge in [0.25, 0.3) is 5.91 Å². The van der Waals surface area contributed by atoms with Gasteiger partial charge in [-0.3, -0.25) is 9.59 Å². The van der Waals surface area contributed by atoms with Crippen LogP contribution in [0.4, 0.5) is 0 Å². The van der Waals surface area contributed by atoms with Crippen LogP contribution < -0.4 is 0 Å². The minimum Gasteiger partial charge on any atom is -0.481 e. The quantitative estimate of drug-likeness (QED) is 0.922. The van der Waals surface area contributed by atoms with E-state index in [4.69, 9.17) is 0 Å². The number of thiazole rings is 1. The molecule has 1 amide bonds. The fraction of sp³-hybridized carbons (Fsp3) is 0.615. The van der Waals surface area contributed by atoms with Crippen molar-refractivity contribution in [3.05, 3.63) is 16.1 Å². The zero-order valence-corrected chi connectivity index (χ0v) is 12.0. The molecular weight excluding hydrogens is 264 g/mol. The zero-order chi connectivity index (χ0) is 14.0. The van der Waals surface area contributed by atoms with Crippen LogP contribution in [0.2, 0.25) is 0 Å². The van der Waals surface area contributed by atoms with Crippen LogP contribution in [-0.2, 0) is 4.79 Å². The maximum Gasteiger partial charge on any atom is 0.311 e. The Labute approximate surface area is 116 Å². The number of aromatic nitrogens is 1. The Hall–Kier alpha value is -1.43. The van der Waals surface area contributed by atoms with Crippen LogP contribution >= 0.6 is 11.3 Å². The number of carboxylic acid groups (broad SMARTS) is 1. The standard InChI is InChI=1S/C13H18N2O3S/c1-3-13(12(17)18)5-4-6-15(7-13)11(16)10-9(2)14-8-19-10/h8H,3-7H2,1-2H3,(H,17,18). The Morgan fingerprint density at radius 1 is 1.58 bits per heavy atom. The number of hydrogen-bond donors (Lipinski definition) is 1. The van der Waals surface area contributed by atoms with Crippen molar-refractivity contribution >= 4 is 23.2 Å². The first kappa shape index (κ1) is 14.0. The van der Waals surface area contributed by atoms with E-state index < -0.39 is 11.4 Å². The first-order valence-corrected chi connectivity index (χ1v) is 7.31. The molecule has 1 aliphatic heterocycles. The van der Waals surface area contributed by atoms with Crippen molar-refractivity contribution in [3.63, 3.8) is 0 Å². The Balaban J connectivity index is 2.20. The van der Waals surface area contributed by atoms with Crippen molar-refractivity contribution in [2.75, 3.05) is 13.1 Å². The summed E-state index contributed by atoms with van der Waals surface area (Å²) in [6.07, 6.45) is 1.93. The minimum absolute atomic E-state index is 0.0845. The Kier molecular flexibility index (Phi) is 3.89. The normalized spacial score (nSPS) is 23.4. The number of nitrogens with zero attached hydrogens (tertiary/aromatic N) is 2. The molecule has 6 heteroatoms. The molecule has 104 valence electrons. The number of aryl methyl sites for hydroxylation is 1. The molecule has 0 aliphatic carbocycles. The second kappa shape index (κ2) is 5.28. The molecule has 2 heterocycles. The van der Waals surface area contributed by atoms with Crippen LogP contribution in [0.1, 0.15) is 41.6 Å². The van der Waals surface area contributed by atoms with Gasteiger partial charge in [0.1, 0.15) is 4.88 Å². The summed E-state index contributed by atoms with van der Waals surface area (Å²) in [5.41, 5.74) is 1.58. The smallest absolute Gasteiger partial charge is 0.311 e. The molecule has 0 bridgehead atoms. The van der Waals surface area contributed by atoms with E-state index in [9.17, 15) is 14.7 Å². The average Bonchev–Trinajstić information content (AvgIpc) is 2.84. The van der Waals surface area contributed by atoms with Crippen molar-refractivity contribution in [1.82, 2.24) is 9.88 Å². The van der Waals surface area contributed by atoms with E-state index in [0.29, 0.717) is 30.8 Å². The summed E-state index contributed by atoms with van der Waals surface area (Å²) in [5, 5.41) is 9.43. The van der Waals surface area contributed by atoms with Gasteiger partial charge in [0.2, 0.25) is 0 Å². The highest BCUT2D eigenvalue weighted by Crippen LogP contribution is 2.34. The van der Waals surface area contributed by atoms with Crippen LogP contribution in [0.3, 0.4) is 0 Å². The number of carbonyl (C=O) groups is 2. The molecule has 1 saturated heterocycles. The van der Waals surface area contributed by atoms with Crippen LogP contribution in [0.25, 0.3) is 0 Å². The summed E-state index contributed by atoms with van der Waals surface area (Å²) in [6.45, 7) is 4.61. The molecule has 0 spiro atoms. The van der Waals surface area contributed by atoms with Crippen LogP contribution in [0.5, 0.6) is 0 Å². The van der Waals surface area contributed by atoms with Crippen molar-refractivity contribution in [2.45, 2.75) is 33.1 Å². The molecule has 1 aliphatic rings. The SMILES string of the molecule is CCC1(C(=O)O)CCCN(C(=O)c2scnc2C)C1. The van der Waals surface area contributed by atoms with Gasteiger partial charge in [-0.2, -0.15) is 0 Å². The number of piperidine rings is 1. The van der Waals surface area contributed by atoms with E-state index in [1.54, 1.807) is 17.3 Å². The van der Waals surface area contributed by atoms with E-state index in [1.807, 2.05) is 6.92 Å². The predicted molar refractivity (Wildman–Crippen MR) is 72.3 cm³/mol. The Morgan fingerprint density at radius 3 is 2.84 bits per heavy atom. The lowest BCUT2D eigenvalue weighted by Crippen LogP contribution is -2.49. The summed E-state index contributed by atoms with van der Waals surface area (Å²) >= 11 is 1.32. The lowest BCUT2D eigenvalue weighted by atomic mass is 9.77. The number of likely N-dealkylation sites (tertiary alicyclic amines) is 1. The van der Waals surface area contributed by atoms with E-state index >= 15 is 0 Å². The zero-order valence-electron chi connectivity index (χ0n) is 11.2. The number of carboxylic acids is 1. The van der Waals surface area contributed by atoms with Crippen LogP contribution in [0, 0.1) is 12.3 Å². The van der Waals surface area contributed by atoms with E-state index in [1.165, 1.54) is 11.3 Å². The monoisotopic (exact) mass is 282 g/mol. The second-order valence-corrected chi connectivity index (χ2v) is 5.89. The van der Waals surface area contributed by atoms with E-state index in [2.05, 4.69) is 4.98 Å². The highest BCUT2D eigenvalue weighted by molar-refractivity contribution is 7.11. The third-order valence-electron chi connectivity index (χ3n) is 3.93. The Morgan fingerprint density at radius 2 is 2.32 bits per heavy atom. The molecule has 0 radical (unpaired) electrons. The lowest BCUT2D eigenvalue weighted by molar-refractivity contribution is -0.152. The first-order chi connectivity index (χ1) is 9.00. The molecule has 19 heavy (non-hydrogen) atoms. The molecule has 1 aromatic heterocycles. The van der Waals surface area contributed by atoms with Gasteiger partial charge in [-0.05, 0) is 26.2 Å². The lowest BCUT2D eigenvalue weighted by Gasteiger charge is -2.39. The maximum absolute atomic E-state index is 12.4. The molecule has 5 nitrogen and oxygen atoms in total. The summed E-state index contributed by atoms with van der Waals surface area (Å²) in [6, 6.07) is 0. The number of amides is 1. The number of carbonyl (C=O) groups excluding carboxylic acids is 1. The third-order valence-corrected chi connectivity index (χ3v) is 4.85. The van der Waals surface area contributed by atoms with Crippen molar-refractivity contribution in [3.8, 4) is 0 Å². The molecule has 1 N–H and O–H groups in total. The van der Waals surface area contributed by atoms with Gasteiger partial charge >= 0.3 is 5.97 Å². The molecule has 1 fully saturated rings. The van der Waals surface area contributed by atoms with Gasteiger partial charge in [-0.1, -0.05) is 6.92 Å². The predicted octanol–water partition coefficient (Wildman–Crippen LogP) is 2.17. The topological polar surface area (TPSA) is 70.5 Å². The van der Waals surface area contributed by atoms with Crippen molar-refractivity contribution in [1.29, 1.82) is 0 Å². The highest BCUT2D eigenvalue weighted by Gasteiger charge is 2.42. The summed E-state index contributed by atoms with van der Waals surface area (Å²) in [7, 11) is 0. The Bertz CT molecular complexity index is 500. The largest absolute Gasteiger partial charge is 0.481 e. The van der Waals surface area contributed by atoms with Gasteiger partial charge in [0.15, 0.2) is 0 Å². The minimum atomic E-state index is -0.798. The van der Waals surface area contributed by atoms with Gasteiger partial charge in [0, 0.05) is 13.1 Å². The summed E-state index contributed by atoms with van der Waals surface area (Å²) < 4.78 is 0. The molecule has 2 rings (SSSR count). The summed E-state index contributed by atoms with van der Waals surface area (Å²) in [4.78, 5) is 30.3. The van der Waals surface area contributed by atoms with Gasteiger partial charge < -0.3 is 10.0 Å². The number of rotatable bonds is 3. The fourth-order valence-electron chi connectivity index (χ4n) is 2.57. The summed E-state index contributed by atoms with van der Waals surface area (Å²) in [5.74, 6) is -0.882. The first-order valence-electron chi connectivity index (χ1n) is 6.43. The van der Waals surface area contributed by atoms with Crippen LogP contribution in [-0.4, -0.2) is 40.0 Å².